The van der Waals surface area contributed by atoms with Crippen LogP contribution in [0.1, 0.15) is 26.7 Å². The normalized spacial score (nSPS) is 38.6. The lowest BCUT2D eigenvalue weighted by molar-refractivity contribution is -0.145. The average Bonchev–Trinajstić information content (AvgIpc) is 3.17. The Morgan fingerprint density at radius 2 is 0.955 bits per heavy atom. The Morgan fingerprint density at radius 1 is 0.727 bits per heavy atom. The van der Waals surface area contributed by atoms with Gasteiger partial charge in [-0.3, -0.25) is 9.59 Å². The lowest BCUT2D eigenvalue weighted by atomic mass is 10.1. The van der Waals surface area contributed by atoms with Crippen LogP contribution in [0.25, 0.3) is 0 Å². The van der Waals surface area contributed by atoms with Crippen molar-refractivity contribution in [2.75, 3.05) is 26.2 Å². The fraction of sp³-hybridized carbons (Fsp3) is 0.857. The second-order valence-corrected chi connectivity index (χ2v) is 9.98. The molecule has 22 heavy (non-hydrogen) atoms. The number of hydrogen-bond acceptors (Lipinski definition) is 2. The molecule has 124 valence electrons. The smallest absolute Gasteiger partial charge is 0.231 e. The van der Waals surface area contributed by atoms with Crippen molar-refractivity contribution in [3.05, 3.63) is 0 Å². The van der Waals surface area contributed by atoms with Crippen LogP contribution >= 0.6 is 46.4 Å². The van der Waals surface area contributed by atoms with Gasteiger partial charge in [0.1, 0.15) is 8.67 Å². The van der Waals surface area contributed by atoms with Crippen LogP contribution in [0, 0.1) is 10.8 Å². The van der Waals surface area contributed by atoms with Gasteiger partial charge in [-0.2, -0.15) is 0 Å². The lowest BCUT2D eigenvalue weighted by Gasteiger charge is -2.37. The Morgan fingerprint density at radius 3 is 1.14 bits per heavy atom. The van der Waals surface area contributed by atoms with Gasteiger partial charge in [0.15, 0.2) is 0 Å². The van der Waals surface area contributed by atoms with E-state index in [-0.39, 0.29) is 11.8 Å². The summed E-state index contributed by atoms with van der Waals surface area (Å²) >= 11 is 24.3. The van der Waals surface area contributed by atoms with Gasteiger partial charge < -0.3 is 9.80 Å². The standard InChI is InChI=1S/C14H18Cl4N2O2/c1-11(7-13(11,15)16)9(21)19-3-5-20(6-4-19)10(22)12(2)8-14(12,17)18/h3-8H2,1-2H3/t11-,12+. The number of alkyl halides is 4. The largest absolute Gasteiger partial charge is 0.339 e. The maximum atomic E-state index is 12.5. The number of hydrogen-bond donors (Lipinski definition) is 0. The monoisotopic (exact) mass is 386 g/mol. The summed E-state index contributed by atoms with van der Waals surface area (Å²) < 4.78 is -1.93. The number of piperazine rings is 1. The third-order valence-electron chi connectivity index (χ3n) is 5.31. The number of carbonyl (C=O) groups excluding carboxylic acids is 2. The highest BCUT2D eigenvalue weighted by Crippen LogP contribution is 2.65. The minimum Gasteiger partial charge on any atom is -0.339 e. The molecule has 1 heterocycles. The molecule has 3 aliphatic rings. The summed E-state index contributed by atoms with van der Waals surface area (Å²) in [6.07, 6.45) is 0.945. The van der Waals surface area contributed by atoms with E-state index in [1.165, 1.54) is 0 Å². The summed E-state index contributed by atoms with van der Waals surface area (Å²) in [5, 5.41) is 0. The number of amides is 2. The fourth-order valence-corrected chi connectivity index (χ4v) is 4.47. The number of rotatable bonds is 2. The highest BCUT2D eigenvalue weighted by Gasteiger charge is 2.70. The van der Waals surface area contributed by atoms with E-state index < -0.39 is 19.5 Å². The molecular formula is C14H18Cl4N2O2. The predicted molar refractivity (Wildman–Crippen MR) is 87.5 cm³/mol. The molecule has 0 radical (unpaired) electrons. The molecule has 0 aromatic rings. The molecule has 2 saturated carbocycles. The topological polar surface area (TPSA) is 40.6 Å². The fourth-order valence-electron chi connectivity index (χ4n) is 3.07. The molecule has 2 atom stereocenters. The molecular weight excluding hydrogens is 370 g/mol. The lowest BCUT2D eigenvalue weighted by Crippen LogP contribution is -2.54. The van der Waals surface area contributed by atoms with Crippen LogP contribution in [0.2, 0.25) is 0 Å². The van der Waals surface area contributed by atoms with Crippen molar-refractivity contribution >= 4 is 58.2 Å². The third-order valence-corrected chi connectivity index (χ3v) is 7.52. The first-order chi connectivity index (χ1) is 9.95. The van der Waals surface area contributed by atoms with E-state index in [1.54, 1.807) is 23.6 Å². The van der Waals surface area contributed by atoms with Gasteiger partial charge >= 0.3 is 0 Å². The molecule has 2 aliphatic carbocycles. The molecule has 3 rings (SSSR count). The number of nitrogens with zero attached hydrogens (tertiary/aromatic N) is 2. The van der Waals surface area contributed by atoms with E-state index in [1.807, 2.05) is 0 Å². The first-order valence-corrected chi connectivity index (χ1v) is 8.80. The highest BCUT2D eigenvalue weighted by molar-refractivity contribution is 6.53. The molecule has 0 unspecified atom stereocenters. The van der Waals surface area contributed by atoms with Gasteiger partial charge in [-0.1, -0.05) is 0 Å². The molecule has 1 saturated heterocycles. The van der Waals surface area contributed by atoms with E-state index >= 15 is 0 Å². The zero-order valence-electron chi connectivity index (χ0n) is 12.5. The third kappa shape index (κ3) is 2.33. The minimum atomic E-state index is -0.963. The van der Waals surface area contributed by atoms with E-state index in [0.717, 1.165) is 0 Å². The second kappa shape index (κ2) is 4.81. The molecule has 0 aromatic heterocycles. The summed E-state index contributed by atoms with van der Waals surface area (Å²) in [6.45, 7) is 5.51. The van der Waals surface area contributed by atoms with Gasteiger partial charge in [0.05, 0.1) is 10.8 Å². The Hall–Kier alpha value is 0.1000. The Balaban J connectivity index is 1.58. The van der Waals surface area contributed by atoms with Gasteiger partial charge in [-0.05, 0) is 26.7 Å². The molecule has 4 nitrogen and oxygen atoms in total. The van der Waals surface area contributed by atoms with E-state index in [0.29, 0.717) is 39.0 Å². The Labute approximate surface area is 150 Å². The summed E-state index contributed by atoms with van der Waals surface area (Å²) in [6, 6.07) is 0. The highest BCUT2D eigenvalue weighted by atomic mass is 35.5. The van der Waals surface area contributed by atoms with Crippen LogP contribution < -0.4 is 0 Å². The molecule has 8 heteroatoms. The summed E-state index contributed by atoms with van der Waals surface area (Å²) in [4.78, 5) is 28.5. The summed E-state index contributed by atoms with van der Waals surface area (Å²) in [7, 11) is 0. The van der Waals surface area contributed by atoms with Gasteiger partial charge in [0.25, 0.3) is 0 Å². The van der Waals surface area contributed by atoms with Crippen LogP contribution in [-0.4, -0.2) is 56.5 Å². The van der Waals surface area contributed by atoms with E-state index in [4.69, 9.17) is 46.4 Å². The molecule has 1 aliphatic heterocycles. The number of carbonyl (C=O) groups is 2. The van der Waals surface area contributed by atoms with Crippen molar-refractivity contribution in [1.82, 2.24) is 9.80 Å². The average molecular weight is 388 g/mol. The zero-order chi connectivity index (χ0) is 16.6. The first kappa shape index (κ1) is 16.9. The van der Waals surface area contributed by atoms with E-state index in [9.17, 15) is 9.59 Å². The zero-order valence-corrected chi connectivity index (χ0v) is 15.5. The Kier molecular flexibility index (Phi) is 3.70. The SMILES string of the molecule is C[C@@]1(C(=O)N2CCN(C(=O)[C@@]3(C)CC3(Cl)Cl)CC2)CC1(Cl)Cl. The summed E-state index contributed by atoms with van der Waals surface area (Å²) in [5.41, 5.74) is -1.40. The van der Waals surface area contributed by atoms with Crippen molar-refractivity contribution in [2.24, 2.45) is 10.8 Å². The summed E-state index contributed by atoms with van der Waals surface area (Å²) in [5.74, 6) is -0.0717. The molecule has 0 bridgehead atoms. The quantitative estimate of drug-likeness (QED) is 0.683. The second-order valence-electron chi connectivity index (χ2n) is 7.01. The maximum Gasteiger partial charge on any atom is 0.231 e. The van der Waals surface area contributed by atoms with Crippen LogP contribution in [0.15, 0.2) is 0 Å². The van der Waals surface area contributed by atoms with Crippen molar-refractivity contribution in [3.63, 3.8) is 0 Å². The first-order valence-electron chi connectivity index (χ1n) is 7.29. The van der Waals surface area contributed by atoms with Crippen LogP contribution in [0.5, 0.6) is 0 Å². The van der Waals surface area contributed by atoms with Crippen molar-refractivity contribution < 1.29 is 9.59 Å². The molecule has 0 aromatic carbocycles. The maximum absolute atomic E-state index is 12.5. The van der Waals surface area contributed by atoms with Crippen molar-refractivity contribution in [3.8, 4) is 0 Å². The Bertz CT molecular complexity index is 497. The molecule has 3 fully saturated rings. The van der Waals surface area contributed by atoms with Crippen LogP contribution in [-0.2, 0) is 9.59 Å². The van der Waals surface area contributed by atoms with Crippen molar-refractivity contribution in [2.45, 2.75) is 35.4 Å². The predicted octanol–water partition coefficient (Wildman–Crippen LogP) is 2.83. The van der Waals surface area contributed by atoms with Gasteiger partial charge in [-0.15, -0.1) is 46.4 Å². The van der Waals surface area contributed by atoms with Gasteiger partial charge in [-0.25, -0.2) is 0 Å². The van der Waals surface area contributed by atoms with Crippen LogP contribution in [0.3, 0.4) is 0 Å². The molecule has 2 amide bonds. The van der Waals surface area contributed by atoms with Crippen LogP contribution in [0.4, 0.5) is 0 Å². The van der Waals surface area contributed by atoms with Crippen molar-refractivity contribution in [1.29, 1.82) is 0 Å². The molecule has 0 N–H and O–H groups in total. The van der Waals surface area contributed by atoms with E-state index in [2.05, 4.69) is 0 Å². The minimum absolute atomic E-state index is 0.0359. The van der Waals surface area contributed by atoms with Gasteiger partial charge in [0.2, 0.25) is 11.8 Å². The number of halogens is 4. The van der Waals surface area contributed by atoms with Gasteiger partial charge in [0, 0.05) is 26.2 Å². The molecule has 0 spiro atoms.